The second-order valence-corrected chi connectivity index (χ2v) is 10.1. The van der Waals surface area contributed by atoms with Crippen molar-refractivity contribution in [3.63, 3.8) is 0 Å². The highest BCUT2D eigenvalue weighted by molar-refractivity contribution is 6.05. The van der Waals surface area contributed by atoms with Gasteiger partial charge in [-0.25, -0.2) is 4.98 Å². The van der Waals surface area contributed by atoms with E-state index >= 15 is 0 Å². The van der Waals surface area contributed by atoms with Crippen LogP contribution < -0.4 is 15.4 Å². The minimum Gasteiger partial charge on any atom is -0.492 e. The van der Waals surface area contributed by atoms with Crippen LogP contribution in [0.1, 0.15) is 45.6 Å². The van der Waals surface area contributed by atoms with E-state index in [4.69, 9.17) is 4.74 Å². The van der Waals surface area contributed by atoms with E-state index in [0.29, 0.717) is 23.3 Å². The number of anilines is 2. The average Bonchev–Trinajstić information content (AvgIpc) is 3.70. The standard InChI is InChI=1S/C29H29F3N6O2/c30-29(31,32)21-14-25(36-28(39)20-4-3-19-5-6-34-24(19)13-20)23(16-22-17-35-27-18-33-7-10-38(22)27)26(15-21)40-12-11-37-8-1-2-9-37/h3-4,7,10,13-15,17-18,34H,1-2,5-6,8-9,11-12,16H2,(H,36,39). The Kier molecular flexibility index (Phi) is 7.05. The van der Waals surface area contributed by atoms with Gasteiger partial charge >= 0.3 is 6.18 Å². The molecule has 0 radical (unpaired) electrons. The molecular weight excluding hydrogens is 521 g/mol. The molecule has 0 saturated carbocycles. The van der Waals surface area contributed by atoms with Crippen LogP contribution in [0, 0.1) is 0 Å². The molecule has 0 bridgehead atoms. The lowest BCUT2D eigenvalue weighted by Crippen LogP contribution is -2.25. The van der Waals surface area contributed by atoms with Crippen LogP contribution in [-0.4, -0.2) is 58.0 Å². The van der Waals surface area contributed by atoms with E-state index in [9.17, 15) is 18.0 Å². The topological polar surface area (TPSA) is 83.8 Å². The molecule has 40 heavy (non-hydrogen) atoms. The summed E-state index contributed by atoms with van der Waals surface area (Å²) in [5.74, 6) is -0.411. The quantitative estimate of drug-likeness (QED) is 0.320. The maximum absolute atomic E-state index is 14.0. The third-order valence-corrected chi connectivity index (χ3v) is 7.48. The molecule has 1 saturated heterocycles. The molecule has 2 aromatic heterocycles. The number of carbonyl (C=O) groups is 1. The van der Waals surface area contributed by atoms with Gasteiger partial charge in [-0.05, 0) is 62.2 Å². The maximum Gasteiger partial charge on any atom is 0.416 e. The van der Waals surface area contributed by atoms with Gasteiger partial charge in [0.05, 0.1) is 11.8 Å². The van der Waals surface area contributed by atoms with Gasteiger partial charge in [-0.2, -0.15) is 13.2 Å². The summed E-state index contributed by atoms with van der Waals surface area (Å²) in [7, 11) is 0. The maximum atomic E-state index is 14.0. The molecule has 2 aliphatic heterocycles. The highest BCUT2D eigenvalue weighted by Gasteiger charge is 2.33. The van der Waals surface area contributed by atoms with Crippen LogP contribution in [0.2, 0.25) is 0 Å². The fraction of sp³-hybridized carbons (Fsp3) is 0.345. The smallest absolute Gasteiger partial charge is 0.416 e. The minimum absolute atomic E-state index is 0.0495. The highest BCUT2D eigenvalue weighted by Crippen LogP contribution is 2.39. The van der Waals surface area contributed by atoms with Crippen LogP contribution in [-0.2, 0) is 19.0 Å². The zero-order valence-electron chi connectivity index (χ0n) is 21.8. The molecule has 2 aromatic carbocycles. The Morgan fingerprint density at radius 1 is 1.12 bits per heavy atom. The summed E-state index contributed by atoms with van der Waals surface area (Å²) < 4.78 is 50.0. The SMILES string of the molecule is O=C(Nc1cc(C(F)(F)F)cc(OCCN2CCCC2)c1Cc1cnc2cnccn12)c1ccc2c(c1)NCC2. The molecule has 0 spiro atoms. The predicted molar refractivity (Wildman–Crippen MR) is 145 cm³/mol. The molecule has 1 amide bonds. The number of nitrogens with zero attached hydrogens (tertiary/aromatic N) is 4. The van der Waals surface area contributed by atoms with Gasteiger partial charge in [0.25, 0.3) is 5.91 Å². The summed E-state index contributed by atoms with van der Waals surface area (Å²) in [5.41, 5.74) is 3.26. The molecule has 2 aliphatic rings. The van der Waals surface area contributed by atoms with E-state index in [-0.39, 0.29) is 24.5 Å². The number of alkyl halides is 3. The number of benzene rings is 2. The van der Waals surface area contributed by atoms with Crippen molar-refractivity contribution in [2.24, 2.45) is 0 Å². The van der Waals surface area contributed by atoms with Gasteiger partial charge < -0.3 is 19.8 Å². The molecule has 0 unspecified atom stereocenters. The normalized spacial score (nSPS) is 15.3. The lowest BCUT2D eigenvalue weighted by atomic mass is 10.0. The van der Waals surface area contributed by atoms with E-state index in [1.54, 1.807) is 36.9 Å². The third kappa shape index (κ3) is 5.46. The number of hydrogen-bond acceptors (Lipinski definition) is 6. The van der Waals surface area contributed by atoms with Crippen molar-refractivity contribution in [2.75, 3.05) is 43.4 Å². The van der Waals surface area contributed by atoms with Crippen LogP contribution in [0.5, 0.6) is 5.75 Å². The van der Waals surface area contributed by atoms with Crippen LogP contribution in [0.3, 0.4) is 0 Å². The number of carbonyl (C=O) groups excluding carboxylic acids is 1. The largest absolute Gasteiger partial charge is 0.492 e. The van der Waals surface area contributed by atoms with E-state index in [2.05, 4.69) is 25.5 Å². The number of aromatic nitrogens is 3. The number of likely N-dealkylation sites (tertiary alicyclic amines) is 1. The molecule has 2 N–H and O–H groups in total. The summed E-state index contributed by atoms with van der Waals surface area (Å²) in [6, 6.07) is 7.31. The highest BCUT2D eigenvalue weighted by atomic mass is 19.4. The van der Waals surface area contributed by atoms with E-state index in [0.717, 1.165) is 68.0 Å². The third-order valence-electron chi connectivity index (χ3n) is 7.48. The van der Waals surface area contributed by atoms with Gasteiger partial charge in [-0.1, -0.05) is 6.07 Å². The lowest BCUT2D eigenvalue weighted by Gasteiger charge is -2.21. The Morgan fingerprint density at radius 3 is 2.80 bits per heavy atom. The molecule has 208 valence electrons. The Hall–Kier alpha value is -4.12. The summed E-state index contributed by atoms with van der Waals surface area (Å²) in [5, 5.41) is 6.00. The number of halogens is 3. The first-order valence-corrected chi connectivity index (χ1v) is 13.4. The van der Waals surface area contributed by atoms with Crippen molar-refractivity contribution in [1.82, 2.24) is 19.3 Å². The monoisotopic (exact) mass is 550 g/mol. The van der Waals surface area contributed by atoms with E-state index in [1.165, 1.54) is 0 Å². The number of ether oxygens (including phenoxy) is 1. The van der Waals surface area contributed by atoms with Crippen molar-refractivity contribution in [3.8, 4) is 5.75 Å². The number of imidazole rings is 1. The Labute approximate surface area is 229 Å². The van der Waals surface area contributed by atoms with Crippen molar-refractivity contribution in [1.29, 1.82) is 0 Å². The molecule has 1 fully saturated rings. The molecular formula is C29H29F3N6O2. The Bertz CT molecular complexity index is 1540. The fourth-order valence-electron chi connectivity index (χ4n) is 5.36. The average molecular weight is 551 g/mol. The zero-order valence-corrected chi connectivity index (χ0v) is 21.8. The van der Waals surface area contributed by atoms with Gasteiger partial charge in [0.1, 0.15) is 12.4 Å². The molecule has 8 nitrogen and oxygen atoms in total. The minimum atomic E-state index is -4.63. The summed E-state index contributed by atoms with van der Waals surface area (Å²) in [6.45, 7) is 3.53. The molecule has 0 aliphatic carbocycles. The van der Waals surface area contributed by atoms with Gasteiger partial charge in [0.15, 0.2) is 5.65 Å². The molecule has 4 aromatic rings. The molecule has 6 rings (SSSR count). The Balaban J connectivity index is 1.38. The van der Waals surface area contributed by atoms with Gasteiger partial charge in [-0.15, -0.1) is 0 Å². The van der Waals surface area contributed by atoms with Crippen LogP contribution in [0.15, 0.2) is 55.1 Å². The van der Waals surface area contributed by atoms with Gasteiger partial charge in [0, 0.05) is 66.3 Å². The number of hydrogen-bond donors (Lipinski definition) is 2. The van der Waals surface area contributed by atoms with Crippen molar-refractivity contribution in [3.05, 3.63) is 83.1 Å². The van der Waals surface area contributed by atoms with Crippen molar-refractivity contribution >= 4 is 22.9 Å². The first kappa shape index (κ1) is 26.1. The number of fused-ring (bicyclic) bond motifs is 2. The molecule has 0 atom stereocenters. The van der Waals surface area contributed by atoms with Crippen molar-refractivity contribution in [2.45, 2.75) is 31.9 Å². The van der Waals surface area contributed by atoms with Gasteiger partial charge in [-0.3, -0.25) is 14.7 Å². The van der Waals surface area contributed by atoms with E-state index < -0.39 is 17.6 Å². The lowest BCUT2D eigenvalue weighted by molar-refractivity contribution is -0.137. The molecule has 11 heteroatoms. The second kappa shape index (κ2) is 10.8. The zero-order chi connectivity index (χ0) is 27.7. The second-order valence-electron chi connectivity index (χ2n) is 10.1. The summed E-state index contributed by atoms with van der Waals surface area (Å²) in [6.07, 6.45) is 5.24. The summed E-state index contributed by atoms with van der Waals surface area (Å²) >= 11 is 0. The molecule has 4 heterocycles. The van der Waals surface area contributed by atoms with Gasteiger partial charge in [0.2, 0.25) is 0 Å². The van der Waals surface area contributed by atoms with Crippen LogP contribution >= 0.6 is 0 Å². The van der Waals surface area contributed by atoms with Crippen LogP contribution in [0.4, 0.5) is 24.5 Å². The van der Waals surface area contributed by atoms with Crippen molar-refractivity contribution < 1.29 is 22.7 Å². The first-order chi connectivity index (χ1) is 19.3. The predicted octanol–water partition coefficient (Wildman–Crippen LogP) is 5.03. The van der Waals surface area contributed by atoms with E-state index in [1.807, 2.05) is 10.5 Å². The number of amides is 1. The number of rotatable bonds is 8. The van der Waals surface area contributed by atoms with Crippen LogP contribution in [0.25, 0.3) is 5.65 Å². The fourth-order valence-corrected chi connectivity index (χ4v) is 5.36. The first-order valence-electron chi connectivity index (χ1n) is 13.4. The summed E-state index contributed by atoms with van der Waals surface area (Å²) in [4.78, 5) is 24.0. The Morgan fingerprint density at radius 2 is 1.98 bits per heavy atom. The number of nitrogens with one attached hydrogen (secondary N) is 2.